The molecule has 12 heavy (non-hydrogen) atoms. The molecule has 0 aliphatic carbocycles. The fraction of sp³-hybridized carbons (Fsp3) is 1.00. The van der Waals surface area contributed by atoms with Crippen LogP contribution in [0.5, 0.6) is 0 Å². The Balaban J connectivity index is 2.39. The van der Waals surface area contributed by atoms with E-state index in [-0.39, 0.29) is 0 Å². The summed E-state index contributed by atoms with van der Waals surface area (Å²) in [5.41, 5.74) is 0. The third-order valence-electron chi connectivity index (χ3n) is 1.56. The zero-order valence-electron chi connectivity index (χ0n) is 8.29. The molecule has 2 nitrogen and oxygen atoms in total. The van der Waals surface area contributed by atoms with Crippen LogP contribution in [0.25, 0.3) is 0 Å². The van der Waals surface area contributed by atoms with Crippen LogP contribution in [0.2, 0.25) is 6.04 Å². The van der Waals surface area contributed by atoms with Crippen molar-refractivity contribution in [2.75, 3.05) is 5.75 Å². The van der Waals surface area contributed by atoms with Gasteiger partial charge in [0.05, 0.1) is 0 Å². The van der Waals surface area contributed by atoms with Crippen LogP contribution in [-0.2, 0) is 8.85 Å². The summed E-state index contributed by atoms with van der Waals surface area (Å²) < 4.78 is 11.7. The van der Waals surface area contributed by atoms with Crippen molar-refractivity contribution in [2.24, 2.45) is 0 Å². The van der Waals surface area contributed by atoms with Crippen LogP contribution >= 0.6 is 11.2 Å². The lowest BCUT2D eigenvalue weighted by atomic mass is 10.5. The van der Waals surface area contributed by atoms with Crippen LogP contribution in [0, 0.1) is 0 Å². The summed E-state index contributed by atoms with van der Waals surface area (Å²) in [6, 6.07) is 1.16. The molecule has 1 fully saturated rings. The van der Waals surface area contributed by atoms with E-state index in [9.17, 15) is 0 Å². The molecule has 0 bridgehead atoms. The Morgan fingerprint density at radius 3 is 1.67 bits per heavy atom. The minimum Gasteiger partial charge on any atom is -0.384 e. The van der Waals surface area contributed by atoms with Crippen molar-refractivity contribution < 1.29 is 8.85 Å². The molecule has 0 atom stereocenters. The van der Waals surface area contributed by atoms with E-state index in [1.165, 1.54) is 5.75 Å². The molecule has 0 aromatic rings. The zero-order valence-corrected chi connectivity index (χ0v) is 10.1. The van der Waals surface area contributed by atoms with E-state index < -0.39 is 7.71 Å². The summed E-state index contributed by atoms with van der Waals surface area (Å²) in [6.07, 6.45) is 0.617. The second-order valence-electron chi connectivity index (χ2n) is 3.61. The van der Waals surface area contributed by atoms with Gasteiger partial charge in [-0.1, -0.05) is 0 Å². The molecule has 4 heteroatoms. The molecule has 0 amide bonds. The molecule has 0 saturated carbocycles. The minimum atomic E-state index is -1.75. The molecule has 1 heterocycles. The Labute approximate surface area is 79.9 Å². The van der Waals surface area contributed by atoms with Crippen LogP contribution < -0.4 is 0 Å². The van der Waals surface area contributed by atoms with Crippen LogP contribution in [0.4, 0.5) is 0 Å². The largest absolute Gasteiger partial charge is 0.407 e. The molecule has 72 valence electrons. The van der Waals surface area contributed by atoms with Crippen molar-refractivity contribution in [3.63, 3.8) is 0 Å². The Hall–Kier alpha value is 0.487. The third-order valence-corrected chi connectivity index (χ3v) is 8.42. The average Bonchev–Trinajstić information content (AvgIpc) is 1.80. The highest BCUT2D eigenvalue weighted by molar-refractivity contribution is 8.29. The lowest BCUT2D eigenvalue weighted by molar-refractivity contribution is 0.121. The van der Waals surface area contributed by atoms with E-state index in [0.29, 0.717) is 12.2 Å². The number of hydrogen-bond acceptors (Lipinski definition) is 3. The topological polar surface area (TPSA) is 18.5 Å². The monoisotopic (exact) mass is 206 g/mol. The van der Waals surface area contributed by atoms with E-state index in [1.54, 1.807) is 0 Å². The second-order valence-corrected chi connectivity index (χ2v) is 9.38. The van der Waals surface area contributed by atoms with Gasteiger partial charge >= 0.3 is 7.71 Å². The lowest BCUT2D eigenvalue weighted by Gasteiger charge is -2.39. The summed E-state index contributed by atoms with van der Waals surface area (Å²) >= 11 is 1.90. The van der Waals surface area contributed by atoms with Crippen molar-refractivity contribution in [3.05, 3.63) is 0 Å². The Morgan fingerprint density at radius 2 is 1.50 bits per heavy atom. The minimum absolute atomic E-state index is 0.309. The molecule has 0 radical (unpaired) electrons. The van der Waals surface area contributed by atoms with Gasteiger partial charge in [-0.25, -0.2) is 0 Å². The molecule has 0 unspecified atom stereocenters. The van der Waals surface area contributed by atoms with Crippen molar-refractivity contribution >= 4 is 18.9 Å². The fourth-order valence-corrected chi connectivity index (χ4v) is 6.78. The van der Waals surface area contributed by atoms with E-state index >= 15 is 0 Å². The highest BCUT2D eigenvalue weighted by atomic mass is 32.4. The van der Waals surface area contributed by atoms with Gasteiger partial charge in [0.15, 0.2) is 0 Å². The molecule has 0 spiro atoms. The predicted octanol–water partition coefficient (Wildman–Crippen LogP) is 2.52. The van der Waals surface area contributed by atoms with Gasteiger partial charge < -0.3 is 8.85 Å². The van der Waals surface area contributed by atoms with Gasteiger partial charge in [0.1, 0.15) is 0 Å². The first kappa shape index (κ1) is 10.6. The summed E-state index contributed by atoms with van der Waals surface area (Å²) in [5.74, 6) is 1.21. The van der Waals surface area contributed by atoms with Crippen LogP contribution in [0.1, 0.15) is 27.7 Å². The summed E-state index contributed by atoms with van der Waals surface area (Å²) in [4.78, 5) is 0. The quantitative estimate of drug-likeness (QED) is 0.659. The van der Waals surface area contributed by atoms with E-state index in [1.807, 2.05) is 11.2 Å². The van der Waals surface area contributed by atoms with Gasteiger partial charge in [-0.05, 0) is 33.4 Å². The summed E-state index contributed by atoms with van der Waals surface area (Å²) in [6.45, 7) is 8.32. The normalized spacial score (nSPS) is 21.5. The van der Waals surface area contributed by atoms with Gasteiger partial charge in [-0.2, -0.15) is 0 Å². The Morgan fingerprint density at radius 1 is 1.08 bits per heavy atom. The maximum absolute atomic E-state index is 5.86. The number of rotatable bonds is 4. The van der Waals surface area contributed by atoms with Crippen molar-refractivity contribution in [1.29, 1.82) is 0 Å². The van der Waals surface area contributed by atoms with Crippen LogP contribution in [0.3, 0.4) is 0 Å². The van der Waals surface area contributed by atoms with E-state index in [0.717, 1.165) is 6.04 Å². The molecule has 1 aliphatic heterocycles. The summed E-state index contributed by atoms with van der Waals surface area (Å²) in [5, 5.41) is 0. The predicted molar refractivity (Wildman–Crippen MR) is 55.5 cm³/mol. The molecule has 0 aromatic heterocycles. The highest BCUT2D eigenvalue weighted by Gasteiger charge is 2.47. The van der Waals surface area contributed by atoms with Gasteiger partial charge in [-0.3, -0.25) is 0 Å². The SMILES string of the molecule is CC(C)O[Si]1(OC(C)C)CCS1. The Bertz CT molecular complexity index is 134. The first-order valence-electron chi connectivity index (χ1n) is 4.54. The van der Waals surface area contributed by atoms with Crippen LogP contribution in [0.15, 0.2) is 0 Å². The van der Waals surface area contributed by atoms with Crippen molar-refractivity contribution in [3.8, 4) is 0 Å². The molecule has 0 N–H and O–H groups in total. The fourth-order valence-electron chi connectivity index (χ4n) is 1.20. The standard InChI is InChI=1S/C8H18O2SSi/c1-7(2)9-12(6-5-11-12)10-8(3)4/h7-8H,5-6H2,1-4H3. The number of hydrogen-bond donors (Lipinski definition) is 0. The smallest absolute Gasteiger partial charge is 0.384 e. The first-order valence-corrected chi connectivity index (χ1v) is 8.27. The Kier molecular flexibility index (Phi) is 3.64. The van der Waals surface area contributed by atoms with E-state index in [4.69, 9.17) is 8.85 Å². The average molecular weight is 206 g/mol. The first-order chi connectivity index (χ1) is 5.54. The highest BCUT2D eigenvalue weighted by Crippen LogP contribution is 2.40. The molecule has 1 rings (SSSR count). The van der Waals surface area contributed by atoms with Crippen LogP contribution in [-0.4, -0.2) is 25.7 Å². The third kappa shape index (κ3) is 2.76. The van der Waals surface area contributed by atoms with E-state index in [2.05, 4.69) is 27.7 Å². The van der Waals surface area contributed by atoms with Crippen molar-refractivity contribution in [1.82, 2.24) is 0 Å². The lowest BCUT2D eigenvalue weighted by Crippen LogP contribution is -2.49. The molecule has 0 aromatic carbocycles. The van der Waals surface area contributed by atoms with Crippen molar-refractivity contribution in [2.45, 2.75) is 45.9 Å². The van der Waals surface area contributed by atoms with Gasteiger partial charge in [0.25, 0.3) is 0 Å². The second kappa shape index (κ2) is 4.13. The molecule has 1 aliphatic rings. The van der Waals surface area contributed by atoms with Gasteiger partial charge in [0, 0.05) is 18.3 Å². The molecule has 1 saturated heterocycles. The zero-order chi connectivity index (χ0) is 9.19. The molecular weight excluding hydrogens is 188 g/mol. The van der Waals surface area contributed by atoms with Gasteiger partial charge in [0.2, 0.25) is 0 Å². The maximum atomic E-state index is 5.86. The molecular formula is C8H18O2SSi. The maximum Gasteiger partial charge on any atom is 0.407 e. The van der Waals surface area contributed by atoms with Gasteiger partial charge in [-0.15, -0.1) is 11.2 Å². The summed E-state index contributed by atoms with van der Waals surface area (Å²) in [7, 11) is -1.75.